The summed E-state index contributed by atoms with van der Waals surface area (Å²) in [4.78, 5) is 7.85. The van der Waals surface area contributed by atoms with Gasteiger partial charge in [0.15, 0.2) is 0 Å². The van der Waals surface area contributed by atoms with Crippen LogP contribution in [0.3, 0.4) is 0 Å². The Kier molecular flexibility index (Phi) is 4.79. The Labute approximate surface area is 146 Å². The van der Waals surface area contributed by atoms with E-state index in [9.17, 15) is 0 Å². The van der Waals surface area contributed by atoms with Crippen molar-refractivity contribution in [3.8, 4) is 0 Å². The zero-order valence-electron chi connectivity index (χ0n) is 15.2. The number of nitrogens with zero attached hydrogens (tertiary/aromatic N) is 3. The first-order valence-electron chi connectivity index (χ1n) is 9.61. The highest BCUT2D eigenvalue weighted by Crippen LogP contribution is 2.27. The molecule has 4 heteroatoms. The molecule has 0 saturated carbocycles. The van der Waals surface area contributed by atoms with Crippen LogP contribution in [0, 0.1) is 6.92 Å². The zero-order chi connectivity index (χ0) is 16.5. The van der Waals surface area contributed by atoms with Crippen molar-refractivity contribution in [2.45, 2.75) is 45.3 Å². The van der Waals surface area contributed by atoms with E-state index in [2.05, 4.69) is 46.7 Å². The molecule has 1 aromatic carbocycles. The third kappa shape index (κ3) is 3.32. The van der Waals surface area contributed by atoms with Crippen LogP contribution >= 0.6 is 0 Å². The summed E-state index contributed by atoms with van der Waals surface area (Å²) in [6.45, 7) is 13.3. The molecule has 1 aromatic rings. The maximum absolute atomic E-state index is 5.47. The molecule has 3 aliphatic heterocycles. The van der Waals surface area contributed by atoms with Gasteiger partial charge in [-0.15, -0.1) is 0 Å². The molecule has 0 bridgehead atoms. The van der Waals surface area contributed by atoms with Gasteiger partial charge in [0.1, 0.15) is 0 Å². The number of hydrogen-bond donors (Lipinski definition) is 0. The fourth-order valence-corrected chi connectivity index (χ4v) is 4.56. The number of rotatable bonds is 3. The van der Waals surface area contributed by atoms with Crippen LogP contribution in [0.2, 0.25) is 0 Å². The van der Waals surface area contributed by atoms with Crippen molar-refractivity contribution in [2.75, 3.05) is 50.8 Å². The number of fused-ring (bicyclic) bond motifs is 1. The van der Waals surface area contributed by atoms with Crippen LogP contribution in [-0.2, 0) is 11.3 Å². The summed E-state index contributed by atoms with van der Waals surface area (Å²) in [6, 6.07) is 8.50. The van der Waals surface area contributed by atoms with E-state index in [4.69, 9.17) is 4.74 Å². The second-order valence-corrected chi connectivity index (χ2v) is 7.78. The molecule has 0 unspecified atom stereocenters. The lowest BCUT2D eigenvalue weighted by Gasteiger charge is -2.42. The van der Waals surface area contributed by atoms with Gasteiger partial charge in [0.2, 0.25) is 0 Å². The summed E-state index contributed by atoms with van der Waals surface area (Å²) in [6.07, 6.45) is 2.77. The number of ether oxygens (including phenoxy) is 1. The second-order valence-electron chi connectivity index (χ2n) is 7.78. The maximum Gasteiger partial charge on any atom is 0.0642 e. The monoisotopic (exact) mass is 329 g/mol. The first-order valence-corrected chi connectivity index (χ1v) is 9.61. The Hall–Kier alpha value is -1.10. The Morgan fingerprint density at radius 1 is 1.12 bits per heavy atom. The van der Waals surface area contributed by atoms with E-state index in [1.165, 1.54) is 49.3 Å². The van der Waals surface area contributed by atoms with Gasteiger partial charge in [0.25, 0.3) is 0 Å². The van der Waals surface area contributed by atoms with Gasteiger partial charge in [-0.1, -0.05) is 6.07 Å². The summed E-state index contributed by atoms with van der Waals surface area (Å²) in [7, 11) is 0. The summed E-state index contributed by atoms with van der Waals surface area (Å²) >= 11 is 0. The normalized spacial score (nSPS) is 29.0. The molecule has 4 nitrogen and oxygen atoms in total. The Balaban J connectivity index is 1.44. The molecule has 3 saturated heterocycles. The smallest absolute Gasteiger partial charge is 0.0642 e. The molecular weight excluding hydrogens is 298 g/mol. The van der Waals surface area contributed by atoms with Gasteiger partial charge >= 0.3 is 0 Å². The average molecular weight is 329 g/mol. The van der Waals surface area contributed by atoms with Crippen LogP contribution in [0.4, 0.5) is 5.69 Å². The molecule has 3 fully saturated rings. The van der Waals surface area contributed by atoms with Crippen molar-refractivity contribution >= 4 is 5.69 Å². The molecule has 0 amide bonds. The van der Waals surface area contributed by atoms with E-state index in [1.54, 1.807) is 0 Å². The lowest BCUT2D eigenvalue weighted by Crippen LogP contribution is -2.54. The minimum absolute atomic E-state index is 0.665. The van der Waals surface area contributed by atoms with Crippen LogP contribution in [0.1, 0.15) is 30.9 Å². The molecule has 3 heterocycles. The molecule has 24 heavy (non-hydrogen) atoms. The van der Waals surface area contributed by atoms with E-state index < -0.39 is 0 Å². The molecular formula is C20H31N3O. The van der Waals surface area contributed by atoms with E-state index in [1.807, 2.05) is 0 Å². The van der Waals surface area contributed by atoms with Crippen LogP contribution in [0.25, 0.3) is 0 Å². The lowest BCUT2D eigenvalue weighted by molar-refractivity contribution is 0.0539. The van der Waals surface area contributed by atoms with Crippen molar-refractivity contribution in [2.24, 2.45) is 0 Å². The largest absolute Gasteiger partial charge is 0.378 e. The molecule has 0 spiro atoms. The number of piperazine rings is 1. The molecule has 3 aliphatic rings. The lowest BCUT2D eigenvalue weighted by atomic mass is 10.0. The number of hydrogen-bond acceptors (Lipinski definition) is 4. The molecule has 4 rings (SSSR count). The topological polar surface area (TPSA) is 19.0 Å². The summed E-state index contributed by atoms with van der Waals surface area (Å²) in [5.74, 6) is 0. The fourth-order valence-electron chi connectivity index (χ4n) is 4.56. The van der Waals surface area contributed by atoms with Crippen molar-refractivity contribution in [3.05, 3.63) is 29.3 Å². The van der Waals surface area contributed by atoms with Gasteiger partial charge in [0, 0.05) is 50.5 Å². The van der Waals surface area contributed by atoms with E-state index in [-0.39, 0.29) is 0 Å². The van der Waals surface area contributed by atoms with Gasteiger partial charge in [-0.05, 0) is 56.5 Å². The van der Waals surface area contributed by atoms with E-state index >= 15 is 0 Å². The van der Waals surface area contributed by atoms with E-state index in [0.29, 0.717) is 6.04 Å². The number of morpholine rings is 1. The highest BCUT2D eigenvalue weighted by Gasteiger charge is 2.34. The van der Waals surface area contributed by atoms with Crippen molar-refractivity contribution < 1.29 is 4.74 Å². The Morgan fingerprint density at radius 2 is 1.96 bits per heavy atom. The molecule has 132 valence electrons. The quantitative estimate of drug-likeness (QED) is 0.848. The third-order valence-electron chi connectivity index (χ3n) is 6.14. The molecule has 2 atom stereocenters. The standard InChI is InChI=1S/C20H31N3O/c1-16-12-19(21-8-10-24-11-9-21)6-5-18(16)14-23-15-20-4-3-7-22(20)13-17(23)2/h5-6,12,17,20H,3-4,7-11,13-15H2,1-2H3/t17-,20+/m0/s1. The SMILES string of the molecule is Cc1cc(N2CCOCC2)ccc1CN1C[C@H]2CCCN2C[C@@H]1C. The van der Waals surface area contributed by atoms with Crippen molar-refractivity contribution in [3.63, 3.8) is 0 Å². The molecule has 0 aromatic heterocycles. The first-order chi connectivity index (χ1) is 11.7. The van der Waals surface area contributed by atoms with Crippen molar-refractivity contribution in [1.29, 1.82) is 0 Å². The summed E-state index contributed by atoms with van der Waals surface area (Å²) in [5, 5.41) is 0. The van der Waals surface area contributed by atoms with Gasteiger partial charge in [-0.2, -0.15) is 0 Å². The summed E-state index contributed by atoms with van der Waals surface area (Å²) in [5.41, 5.74) is 4.28. The van der Waals surface area contributed by atoms with Crippen LogP contribution in [0.15, 0.2) is 18.2 Å². The number of benzene rings is 1. The van der Waals surface area contributed by atoms with Gasteiger partial charge in [-0.3, -0.25) is 9.80 Å². The molecule has 0 N–H and O–H groups in total. The fraction of sp³-hybridized carbons (Fsp3) is 0.700. The first kappa shape index (κ1) is 16.4. The highest BCUT2D eigenvalue weighted by molar-refractivity contribution is 5.51. The molecule has 0 aliphatic carbocycles. The Bertz CT molecular complexity index is 570. The van der Waals surface area contributed by atoms with Gasteiger partial charge in [-0.25, -0.2) is 0 Å². The van der Waals surface area contributed by atoms with E-state index in [0.717, 1.165) is 38.9 Å². The molecule has 0 radical (unpaired) electrons. The minimum atomic E-state index is 0.665. The van der Waals surface area contributed by atoms with Crippen LogP contribution < -0.4 is 4.90 Å². The second kappa shape index (κ2) is 7.03. The Morgan fingerprint density at radius 3 is 2.75 bits per heavy atom. The van der Waals surface area contributed by atoms with Crippen LogP contribution in [-0.4, -0.2) is 67.8 Å². The minimum Gasteiger partial charge on any atom is -0.378 e. The zero-order valence-corrected chi connectivity index (χ0v) is 15.2. The third-order valence-corrected chi connectivity index (χ3v) is 6.14. The average Bonchev–Trinajstić information content (AvgIpc) is 3.04. The van der Waals surface area contributed by atoms with Gasteiger partial charge < -0.3 is 9.64 Å². The predicted octanol–water partition coefficient (Wildman–Crippen LogP) is 2.50. The van der Waals surface area contributed by atoms with Crippen LogP contribution in [0.5, 0.6) is 0 Å². The number of anilines is 1. The predicted molar refractivity (Wildman–Crippen MR) is 98.7 cm³/mol. The van der Waals surface area contributed by atoms with Gasteiger partial charge in [0.05, 0.1) is 13.2 Å². The maximum atomic E-state index is 5.47. The number of aryl methyl sites for hydroxylation is 1. The van der Waals surface area contributed by atoms with Crippen molar-refractivity contribution in [1.82, 2.24) is 9.80 Å². The summed E-state index contributed by atoms with van der Waals surface area (Å²) < 4.78 is 5.47. The highest BCUT2D eigenvalue weighted by atomic mass is 16.5.